The molecule has 2 aromatic carbocycles. The van der Waals surface area contributed by atoms with E-state index in [1.165, 1.54) is 11.1 Å². The topological polar surface area (TPSA) is 32.3 Å². The zero-order valence-electron chi connectivity index (χ0n) is 15.5. The molecule has 0 radical (unpaired) electrons. The van der Waals surface area contributed by atoms with Crippen LogP contribution in [0.25, 0.3) is 0 Å². The Morgan fingerprint density at radius 1 is 1.00 bits per heavy atom. The third-order valence-electron chi connectivity index (χ3n) is 5.21. The van der Waals surface area contributed by atoms with Gasteiger partial charge in [-0.25, -0.2) is 0 Å². The van der Waals surface area contributed by atoms with Gasteiger partial charge in [-0.1, -0.05) is 48.0 Å². The summed E-state index contributed by atoms with van der Waals surface area (Å²) in [6.45, 7) is 9.16. The van der Waals surface area contributed by atoms with E-state index in [1.807, 2.05) is 32.0 Å². The largest absolute Gasteiger partial charge is 0.325 e. The van der Waals surface area contributed by atoms with Crippen molar-refractivity contribution in [3.63, 3.8) is 0 Å². The summed E-state index contributed by atoms with van der Waals surface area (Å²) < 4.78 is 0. The summed E-state index contributed by atoms with van der Waals surface area (Å²) in [6, 6.07) is 14.9. The average molecular weight is 336 g/mol. The van der Waals surface area contributed by atoms with Crippen LogP contribution in [0.4, 0.5) is 5.69 Å². The van der Waals surface area contributed by atoms with Crippen LogP contribution >= 0.6 is 0 Å². The van der Waals surface area contributed by atoms with E-state index >= 15 is 0 Å². The highest BCUT2D eigenvalue weighted by molar-refractivity contribution is 5.94. The summed E-state index contributed by atoms with van der Waals surface area (Å²) in [5, 5.41) is 3.16. The number of piperidine rings is 1. The molecule has 1 amide bonds. The molecule has 1 aliphatic heterocycles. The Labute approximate surface area is 151 Å². The van der Waals surface area contributed by atoms with Crippen molar-refractivity contribution in [2.24, 2.45) is 5.92 Å². The van der Waals surface area contributed by atoms with Crippen LogP contribution in [0.5, 0.6) is 0 Å². The predicted octanol–water partition coefficient (Wildman–Crippen LogP) is 4.46. The fourth-order valence-electron chi connectivity index (χ4n) is 3.54. The van der Waals surface area contributed by atoms with Gasteiger partial charge >= 0.3 is 0 Å². The molecule has 0 bridgehead atoms. The average Bonchev–Trinajstić information content (AvgIpc) is 2.61. The molecule has 1 fully saturated rings. The molecular weight excluding hydrogens is 308 g/mol. The first-order valence-corrected chi connectivity index (χ1v) is 9.18. The van der Waals surface area contributed by atoms with Crippen LogP contribution in [0.1, 0.15) is 35.1 Å². The SMILES string of the molecule is Cc1ccc(CN2CCC(C(=O)Nc3c(C)cccc3C)CC2)cc1. The summed E-state index contributed by atoms with van der Waals surface area (Å²) in [5.74, 6) is 0.292. The molecule has 3 heteroatoms. The van der Waals surface area contributed by atoms with Crippen LogP contribution in [0, 0.1) is 26.7 Å². The van der Waals surface area contributed by atoms with E-state index < -0.39 is 0 Å². The second-order valence-corrected chi connectivity index (χ2v) is 7.29. The van der Waals surface area contributed by atoms with Crippen LogP contribution in [0.3, 0.4) is 0 Å². The molecule has 0 spiro atoms. The third-order valence-corrected chi connectivity index (χ3v) is 5.21. The number of hydrogen-bond acceptors (Lipinski definition) is 2. The molecule has 0 aromatic heterocycles. The molecule has 25 heavy (non-hydrogen) atoms. The van der Waals surface area contributed by atoms with Crippen LogP contribution in [-0.4, -0.2) is 23.9 Å². The van der Waals surface area contributed by atoms with E-state index in [4.69, 9.17) is 0 Å². The van der Waals surface area contributed by atoms with E-state index in [9.17, 15) is 4.79 Å². The first-order valence-electron chi connectivity index (χ1n) is 9.18. The summed E-state index contributed by atoms with van der Waals surface area (Å²) in [6.07, 6.45) is 1.87. The Morgan fingerprint density at radius 2 is 1.60 bits per heavy atom. The Balaban J connectivity index is 1.53. The molecule has 2 aromatic rings. The summed E-state index contributed by atoms with van der Waals surface area (Å²) >= 11 is 0. The number of nitrogens with zero attached hydrogens (tertiary/aromatic N) is 1. The Morgan fingerprint density at radius 3 is 2.20 bits per heavy atom. The maximum Gasteiger partial charge on any atom is 0.227 e. The molecule has 1 aliphatic rings. The lowest BCUT2D eigenvalue weighted by molar-refractivity contribution is -0.121. The number of benzene rings is 2. The molecular formula is C22H28N2O. The number of carbonyl (C=O) groups is 1. The van der Waals surface area contributed by atoms with Crippen LogP contribution in [-0.2, 0) is 11.3 Å². The molecule has 0 aliphatic carbocycles. The fourth-order valence-corrected chi connectivity index (χ4v) is 3.54. The lowest BCUT2D eigenvalue weighted by Gasteiger charge is -2.31. The summed E-state index contributed by atoms with van der Waals surface area (Å²) in [5.41, 5.74) is 5.89. The van der Waals surface area contributed by atoms with E-state index in [-0.39, 0.29) is 11.8 Å². The van der Waals surface area contributed by atoms with Crippen LogP contribution in [0.15, 0.2) is 42.5 Å². The molecule has 0 saturated carbocycles. The van der Waals surface area contributed by atoms with Crippen molar-refractivity contribution in [1.29, 1.82) is 0 Å². The highest BCUT2D eigenvalue weighted by Crippen LogP contribution is 2.24. The molecule has 1 heterocycles. The zero-order chi connectivity index (χ0) is 17.8. The zero-order valence-corrected chi connectivity index (χ0v) is 15.5. The molecule has 1 N–H and O–H groups in total. The molecule has 0 atom stereocenters. The van der Waals surface area contributed by atoms with Crippen molar-refractivity contribution in [3.05, 3.63) is 64.7 Å². The Bertz CT molecular complexity index is 708. The first-order chi connectivity index (χ1) is 12.0. The monoisotopic (exact) mass is 336 g/mol. The van der Waals surface area contributed by atoms with E-state index in [0.29, 0.717) is 0 Å². The Kier molecular flexibility index (Phi) is 5.54. The highest BCUT2D eigenvalue weighted by Gasteiger charge is 2.25. The van der Waals surface area contributed by atoms with Crippen molar-refractivity contribution >= 4 is 11.6 Å². The molecule has 0 unspecified atom stereocenters. The highest BCUT2D eigenvalue weighted by atomic mass is 16.1. The molecule has 132 valence electrons. The number of para-hydroxylation sites is 1. The number of rotatable bonds is 4. The number of anilines is 1. The van der Waals surface area contributed by atoms with Crippen LogP contribution in [0.2, 0.25) is 0 Å². The molecule has 3 rings (SSSR count). The fraction of sp³-hybridized carbons (Fsp3) is 0.409. The standard InChI is InChI=1S/C22H28N2O/c1-16-7-9-19(10-8-16)15-24-13-11-20(12-14-24)22(25)23-21-17(2)5-4-6-18(21)3/h4-10,20H,11-15H2,1-3H3,(H,23,25). The minimum atomic E-state index is 0.119. The maximum absolute atomic E-state index is 12.6. The maximum atomic E-state index is 12.6. The van der Waals surface area contributed by atoms with Crippen molar-refractivity contribution < 1.29 is 4.79 Å². The normalized spacial score (nSPS) is 16.0. The van der Waals surface area contributed by atoms with Gasteiger partial charge in [0.15, 0.2) is 0 Å². The van der Waals surface area contributed by atoms with Crippen molar-refractivity contribution in [2.45, 2.75) is 40.2 Å². The second-order valence-electron chi connectivity index (χ2n) is 7.29. The molecule has 3 nitrogen and oxygen atoms in total. The lowest BCUT2D eigenvalue weighted by Crippen LogP contribution is -2.37. The summed E-state index contributed by atoms with van der Waals surface area (Å²) in [7, 11) is 0. The van der Waals surface area contributed by atoms with Crippen molar-refractivity contribution in [2.75, 3.05) is 18.4 Å². The number of hydrogen-bond donors (Lipinski definition) is 1. The number of nitrogens with one attached hydrogen (secondary N) is 1. The van der Waals surface area contributed by atoms with Gasteiger partial charge in [0.1, 0.15) is 0 Å². The smallest absolute Gasteiger partial charge is 0.227 e. The van der Waals surface area contributed by atoms with Gasteiger partial charge in [0, 0.05) is 18.2 Å². The van der Waals surface area contributed by atoms with Gasteiger partial charge in [-0.15, -0.1) is 0 Å². The Hall–Kier alpha value is -2.13. The predicted molar refractivity (Wildman–Crippen MR) is 104 cm³/mol. The summed E-state index contributed by atoms with van der Waals surface area (Å²) in [4.78, 5) is 15.1. The van der Waals surface area contributed by atoms with Gasteiger partial charge in [0.05, 0.1) is 0 Å². The van der Waals surface area contributed by atoms with Gasteiger partial charge in [0.2, 0.25) is 5.91 Å². The first kappa shape index (κ1) is 17.7. The van der Waals surface area contributed by atoms with E-state index in [0.717, 1.165) is 49.3 Å². The quantitative estimate of drug-likeness (QED) is 0.894. The lowest BCUT2D eigenvalue weighted by atomic mass is 9.95. The van der Waals surface area contributed by atoms with Gasteiger partial charge < -0.3 is 5.32 Å². The number of amides is 1. The van der Waals surface area contributed by atoms with Gasteiger partial charge in [-0.3, -0.25) is 9.69 Å². The van der Waals surface area contributed by atoms with Crippen LogP contribution < -0.4 is 5.32 Å². The minimum absolute atomic E-state index is 0.119. The number of carbonyl (C=O) groups excluding carboxylic acids is 1. The van der Waals surface area contributed by atoms with Gasteiger partial charge in [0.25, 0.3) is 0 Å². The number of likely N-dealkylation sites (tertiary alicyclic amines) is 1. The van der Waals surface area contributed by atoms with Gasteiger partial charge in [-0.05, 0) is 63.4 Å². The van der Waals surface area contributed by atoms with Gasteiger partial charge in [-0.2, -0.15) is 0 Å². The molecule has 1 saturated heterocycles. The van der Waals surface area contributed by atoms with E-state index in [1.54, 1.807) is 0 Å². The third kappa shape index (κ3) is 4.49. The van der Waals surface area contributed by atoms with Crippen molar-refractivity contribution in [3.8, 4) is 0 Å². The minimum Gasteiger partial charge on any atom is -0.325 e. The second kappa shape index (κ2) is 7.83. The van der Waals surface area contributed by atoms with Crippen molar-refractivity contribution in [1.82, 2.24) is 4.90 Å². The van der Waals surface area contributed by atoms with E-state index in [2.05, 4.69) is 41.4 Å². The number of aryl methyl sites for hydroxylation is 3.